The van der Waals surface area contributed by atoms with Gasteiger partial charge in [0.15, 0.2) is 0 Å². The van der Waals surface area contributed by atoms with Crippen LogP contribution >= 0.6 is 11.6 Å². The maximum Gasteiger partial charge on any atom is 0.573 e. The molecule has 0 aliphatic heterocycles. The topological polar surface area (TPSA) is 85.1 Å². The number of para-hydroxylation sites is 1. The number of hydrogen-bond donors (Lipinski definition) is 3. The molecule has 0 spiro atoms. The molecular formula is C19H23ClF3N5O. The highest BCUT2D eigenvalue weighted by molar-refractivity contribution is 6.32. The Morgan fingerprint density at radius 2 is 1.86 bits per heavy atom. The van der Waals surface area contributed by atoms with E-state index >= 15 is 0 Å². The third kappa shape index (κ3) is 6.64. The third-order valence-corrected chi connectivity index (χ3v) is 5.11. The molecule has 6 nitrogen and oxygen atoms in total. The number of nitrogens with one attached hydrogen (secondary N) is 2. The summed E-state index contributed by atoms with van der Waals surface area (Å²) in [5, 5.41) is 6.53. The highest BCUT2D eigenvalue weighted by Gasteiger charge is 2.32. The molecule has 1 aromatic heterocycles. The summed E-state index contributed by atoms with van der Waals surface area (Å²) in [4.78, 5) is 8.43. The number of halogens is 4. The summed E-state index contributed by atoms with van der Waals surface area (Å²) < 4.78 is 41.7. The zero-order valence-electron chi connectivity index (χ0n) is 15.7. The van der Waals surface area contributed by atoms with E-state index < -0.39 is 6.36 Å². The lowest BCUT2D eigenvalue weighted by molar-refractivity contribution is -0.274. The minimum absolute atomic E-state index is 0.0633. The molecule has 1 saturated carbocycles. The van der Waals surface area contributed by atoms with Crippen LogP contribution in [0.15, 0.2) is 30.5 Å². The summed E-state index contributed by atoms with van der Waals surface area (Å²) >= 11 is 6.17. The van der Waals surface area contributed by atoms with Crippen LogP contribution in [0.5, 0.6) is 5.75 Å². The highest BCUT2D eigenvalue weighted by atomic mass is 35.5. The Labute approximate surface area is 172 Å². The van der Waals surface area contributed by atoms with Gasteiger partial charge in [-0.3, -0.25) is 0 Å². The SMILES string of the molecule is NC1CCC(CNc2nc(NCc3ccccc3OC(F)(F)F)ncc2Cl)CC1. The second-order valence-electron chi connectivity index (χ2n) is 7.06. The van der Waals surface area contributed by atoms with Crippen molar-refractivity contribution in [1.82, 2.24) is 9.97 Å². The van der Waals surface area contributed by atoms with Gasteiger partial charge in [-0.2, -0.15) is 4.98 Å². The Morgan fingerprint density at radius 3 is 2.59 bits per heavy atom. The Morgan fingerprint density at radius 1 is 1.14 bits per heavy atom. The van der Waals surface area contributed by atoms with E-state index in [9.17, 15) is 13.2 Å². The van der Waals surface area contributed by atoms with E-state index in [1.54, 1.807) is 6.07 Å². The maximum atomic E-state index is 12.5. The van der Waals surface area contributed by atoms with Gasteiger partial charge in [0.25, 0.3) is 0 Å². The zero-order chi connectivity index (χ0) is 20.9. The van der Waals surface area contributed by atoms with E-state index in [4.69, 9.17) is 17.3 Å². The van der Waals surface area contributed by atoms with Crippen LogP contribution in [-0.4, -0.2) is 28.9 Å². The third-order valence-electron chi connectivity index (χ3n) is 4.83. The summed E-state index contributed by atoms with van der Waals surface area (Å²) in [5.41, 5.74) is 6.26. The average Bonchev–Trinajstić information content (AvgIpc) is 2.67. The molecule has 1 aliphatic rings. The van der Waals surface area contributed by atoms with E-state index in [1.165, 1.54) is 24.4 Å². The van der Waals surface area contributed by atoms with Gasteiger partial charge < -0.3 is 21.1 Å². The molecule has 0 atom stereocenters. The van der Waals surface area contributed by atoms with Gasteiger partial charge in [-0.15, -0.1) is 13.2 Å². The first-order chi connectivity index (χ1) is 13.8. The van der Waals surface area contributed by atoms with Crippen molar-refractivity contribution in [2.45, 2.75) is 44.6 Å². The molecule has 1 fully saturated rings. The Bertz CT molecular complexity index is 813. The first kappa shape index (κ1) is 21.4. The van der Waals surface area contributed by atoms with Gasteiger partial charge in [-0.25, -0.2) is 4.98 Å². The van der Waals surface area contributed by atoms with Gasteiger partial charge >= 0.3 is 6.36 Å². The molecule has 29 heavy (non-hydrogen) atoms. The molecule has 0 bridgehead atoms. The standard InChI is InChI=1S/C19H23ClF3N5O/c20-15-11-27-18(28-17(15)25-9-12-5-7-14(24)8-6-12)26-10-13-3-1-2-4-16(13)29-19(21,22)23/h1-4,11-12,14H,5-10,24H2,(H2,25,26,27,28). The van der Waals surface area contributed by atoms with Crippen molar-refractivity contribution >= 4 is 23.4 Å². The molecule has 10 heteroatoms. The fourth-order valence-corrected chi connectivity index (χ4v) is 3.42. The van der Waals surface area contributed by atoms with Gasteiger partial charge in [0.05, 0.1) is 6.20 Å². The normalized spacial score (nSPS) is 19.6. The average molecular weight is 430 g/mol. The lowest BCUT2D eigenvalue weighted by Gasteiger charge is -2.26. The first-order valence-electron chi connectivity index (χ1n) is 9.39. The molecule has 0 radical (unpaired) electrons. The van der Waals surface area contributed by atoms with Gasteiger partial charge in [0.2, 0.25) is 5.95 Å². The summed E-state index contributed by atoms with van der Waals surface area (Å²) in [6.07, 6.45) is 0.823. The number of nitrogens with two attached hydrogens (primary N) is 1. The van der Waals surface area contributed by atoms with Crippen LogP contribution in [0.1, 0.15) is 31.2 Å². The van der Waals surface area contributed by atoms with Crippen molar-refractivity contribution in [1.29, 1.82) is 0 Å². The largest absolute Gasteiger partial charge is 0.573 e. The number of rotatable bonds is 7. The minimum Gasteiger partial charge on any atom is -0.405 e. The van der Waals surface area contributed by atoms with Crippen LogP contribution in [0.2, 0.25) is 5.02 Å². The molecule has 1 aliphatic carbocycles. The number of nitrogens with zero attached hydrogens (tertiary/aromatic N) is 2. The Kier molecular flexibility index (Phi) is 7.02. The van der Waals surface area contributed by atoms with Gasteiger partial charge in [0, 0.05) is 24.7 Å². The molecule has 2 aromatic rings. The van der Waals surface area contributed by atoms with Crippen LogP contribution in [0.25, 0.3) is 0 Å². The molecule has 1 aromatic carbocycles. The second kappa shape index (κ2) is 9.49. The van der Waals surface area contributed by atoms with Crippen molar-refractivity contribution in [3.8, 4) is 5.75 Å². The van der Waals surface area contributed by atoms with Gasteiger partial charge in [-0.1, -0.05) is 29.8 Å². The predicted molar refractivity (Wildman–Crippen MR) is 106 cm³/mol. The molecule has 0 amide bonds. The van der Waals surface area contributed by atoms with Crippen LogP contribution in [0.4, 0.5) is 24.9 Å². The van der Waals surface area contributed by atoms with E-state index in [1.807, 2.05) is 0 Å². The number of benzene rings is 1. The van der Waals surface area contributed by atoms with Crippen LogP contribution in [-0.2, 0) is 6.54 Å². The molecule has 0 saturated heterocycles. The summed E-state index contributed by atoms with van der Waals surface area (Å²) in [7, 11) is 0. The summed E-state index contributed by atoms with van der Waals surface area (Å²) in [6.45, 7) is 0.791. The second-order valence-corrected chi connectivity index (χ2v) is 7.47. The van der Waals surface area contributed by atoms with Crippen molar-refractivity contribution in [2.75, 3.05) is 17.2 Å². The quantitative estimate of drug-likeness (QED) is 0.597. The lowest BCUT2D eigenvalue weighted by atomic mass is 9.86. The monoisotopic (exact) mass is 429 g/mol. The number of hydrogen-bond acceptors (Lipinski definition) is 6. The molecule has 1 heterocycles. The molecular weight excluding hydrogens is 407 g/mol. The molecule has 3 rings (SSSR count). The van der Waals surface area contributed by atoms with Crippen molar-refractivity contribution in [3.63, 3.8) is 0 Å². The van der Waals surface area contributed by atoms with Gasteiger partial charge in [0.1, 0.15) is 16.6 Å². The van der Waals surface area contributed by atoms with E-state index in [2.05, 4.69) is 25.3 Å². The molecule has 4 N–H and O–H groups in total. The van der Waals surface area contributed by atoms with Crippen LogP contribution in [0.3, 0.4) is 0 Å². The maximum absolute atomic E-state index is 12.5. The fourth-order valence-electron chi connectivity index (χ4n) is 3.26. The Hall–Kier alpha value is -2.26. The number of alkyl halides is 3. The van der Waals surface area contributed by atoms with Crippen molar-refractivity contribution < 1.29 is 17.9 Å². The summed E-state index contributed by atoms with van der Waals surface area (Å²) in [5.74, 6) is 0.974. The number of aromatic nitrogens is 2. The zero-order valence-corrected chi connectivity index (χ0v) is 16.4. The van der Waals surface area contributed by atoms with Crippen LogP contribution < -0.4 is 21.1 Å². The lowest BCUT2D eigenvalue weighted by Crippen LogP contribution is -2.29. The van der Waals surface area contributed by atoms with Crippen molar-refractivity contribution in [2.24, 2.45) is 11.7 Å². The minimum atomic E-state index is -4.76. The van der Waals surface area contributed by atoms with Crippen molar-refractivity contribution in [3.05, 3.63) is 41.0 Å². The first-order valence-corrected chi connectivity index (χ1v) is 9.77. The fraction of sp³-hybridized carbons (Fsp3) is 0.474. The summed E-state index contributed by atoms with van der Waals surface area (Å²) in [6, 6.07) is 6.19. The van der Waals surface area contributed by atoms with E-state index in [0.717, 1.165) is 32.2 Å². The van der Waals surface area contributed by atoms with Crippen LogP contribution in [0, 0.1) is 5.92 Å². The number of ether oxygens (including phenoxy) is 1. The highest BCUT2D eigenvalue weighted by Crippen LogP contribution is 2.28. The van der Waals surface area contributed by atoms with E-state index in [-0.39, 0.29) is 24.3 Å². The molecule has 0 unspecified atom stereocenters. The predicted octanol–water partition coefficient (Wildman–Crippen LogP) is 4.57. The molecule has 158 valence electrons. The number of anilines is 2. The smallest absolute Gasteiger partial charge is 0.405 e. The van der Waals surface area contributed by atoms with Gasteiger partial charge in [-0.05, 0) is 37.7 Å². The van der Waals surface area contributed by atoms with E-state index in [0.29, 0.717) is 22.3 Å². The Balaban J connectivity index is 1.60.